The summed E-state index contributed by atoms with van der Waals surface area (Å²) in [7, 11) is 0. The number of rotatable bonds is 7. The Balaban J connectivity index is 0.00000264. The molecule has 0 radical (unpaired) electrons. The molecule has 4 nitrogen and oxygen atoms in total. The highest BCUT2D eigenvalue weighted by Crippen LogP contribution is 2.11. The van der Waals surface area contributed by atoms with Crippen molar-refractivity contribution in [3.63, 3.8) is 0 Å². The van der Waals surface area contributed by atoms with Crippen molar-refractivity contribution < 1.29 is 14.2 Å². The summed E-state index contributed by atoms with van der Waals surface area (Å²) < 4.78 is 18.1. The van der Waals surface area contributed by atoms with Crippen molar-refractivity contribution in [3.05, 3.63) is 65.5 Å². The zero-order valence-electron chi connectivity index (χ0n) is 12.4. The number of aliphatic hydroxyl groups excluding tert-OH is 1. The molecular weight excluding hydrogens is 319 g/mol. The molecule has 0 saturated heterocycles. The molecule has 0 heterocycles. The van der Waals surface area contributed by atoms with Crippen molar-refractivity contribution >= 4 is 12.4 Å². The van der Waals surface area contributed by atoms with E-state index >= 15 is 0 Å². The number of halogens is 2. The highest BCUT2D eigenvalue weighted by molar-refractivity contribution is 5.85. The smallest absolute Gasteiger partial charge is 0.123 e. The number of nitriles is 1. The molecule has 0 aliphatic rings. The van der Waals surface area contributed by atoms with E-state index in [1.54, 1.807) is 12.1 Å². The summed E-state index contributed by atoms with van der Waals surface area (Å²) in [6, 6.07) is 15.0. The minimum Gasteiger partial charge on any atom is -0.491 e. The van der Waals surface area contributed by atoms with Gasteiger partial charge >= 0.3 is 0 Å². The van der Waals surface area contributed by atoms with Gasteiger partial charge in [0.2, 0.25) is 0 Å². The molecule has 1 atom stereocenters. The zero-order chi connectivity index (χ0) is 15.8. The lowest BCUT2D eigenvalue weighted by atomic mass is 10.1. The van der Waals surface area contributed by atoms with Gasteiger partial charge in [-0.25, -0.2) is 4.39 Å². The minimum atomic E-state index is -0.663. The van der Waals surface area contributed by atoms with E-state index < -0.39 is 6.10 Å². The van der Waals surface area contributed by atoms with E-state index in [1.807, 2.05) is 12.1 Å². The van der Waals surface area contributed by atoms with Crippen molar-refractivity contribution in [1.82, 2.24) is 5.32 Å². The van der Waals surface area contributed by atoms with Crippen LogP contribution in [-0.4, -0.2) is 24.4 Å². The van der Waals surface area contributed by atoms with Crippen LogP contribution in [0, 0.1) is 17.1 Å². The Labute approximate surface area is 140 Å². The largest absolute Gasteiger partial charge is 0.491 e. The summed E-state index contributed by atoms with van der Waals surface area (Å²) in [4.78, 5) is 0. The first-order valence-corrected chi connectivity index (χ1v) is 6.93. The molecule has 122 valence electrons. The standard InChI is InChI=1S/C17H17FN2O2.ClH/c18-15-5-7-17(8-6-15)22-12-16(21)11-20-10-14-3-1-13(9-19)2-4-14;/h1-8,16,20-21H,10-12H2;1H. The second-order valence-electron chi connectivity index (χ2n) is 4.86. The highest BCUT2D eigenvalue weighted by Gasteiger charge is 2.05. The Kier molecular flexibility index (Phi) is 8.06. The summed E-state index contributed by atoms with van der Waals surface area (Å²) in [6.45, 7) is 1.10. The fourth-order valence-electron chi connectivity index (χ4n) is 1.86. The predicted molar refractivity (Wildman–Crippen MR) is 88.0 cm³/mol. The van der Waals surface area contributed by atoms with Gasteiger partial charge in [-0.15, -0.1) is 12.4 Å². The molecule has 0 aromatic heterocycles. The lowest BCUT2D eigenvalue weighted by Gasteiger charge is -2.13. The van der Waals surface area contributed by atoms with E-state index in [0.29, 0.717) is 24.4 Å². The third-order valence-corrected chi connectivity index (χ3v) is 3.05. The third-order valence-electron chi connectivity index (χ3n) is 3.05. The molecule has 23 heavy (non-hydrogen) atoms. The molecule has 6 heteroatoms. The average molecular weight is 337 g/mol. The molecule has 2 aromatic rings. The number of aliphatic hydroxyl groups is 1. The zero-order valence-corrected chi connectivity index (χ0v) is 13.2. The van der Waals surface area contributed by atoms with E-state index in [1.165, 1.54) is 24.3 Å². The molecule has 0 aliphatic carbocycles. The number of ether oxygens (including phenoxy) is 1. The van der Waals surface area contributed by atoms with Gasteiger partial charge in [-0.3, -0.25) is 0 Å². The van der Waals surface area contributed by atoms with Crippen LogP contribution in [0.25, 0.3) is 0 Å². The van der Waals surface area contributed by atoms with E-state index in [0.717, 1.165) is 5.56 Å². The van der Waals surface area contributed by atoms with Crippen molar-refractivity contribution in [2.24, 2.45) is 0 Å². The lowest BCUT2D eigenvalue weighted by Crippen LogP contribution is -2.31. The Hall–Kier alpha value is -2.13. The van der Waals surface area contributed by atoms with Crippen LogP contribution in [0.15, 0.2) is 48.5 Å². The molecular formula is C17H18ClFN2O2. The third kappa shape index (κ3) is 6.66. The average Bonchev–Trinajstić information content (AvgIpc) is 2.55. The molecule has 1 unspecified atom stereocenters. The summed E-state index contributed by atoms with van der Waals surface area (Å²) in [5.41, 5.74) is 1.65. The van der Waals surface area contributed by atoms with Crippen molar-refractivity contribution in [2.45, 2.75) is 12.6 Å². The second kappa shape index (κ2) is 9.80. The molecule has 2 aromatic carbocycles. The maximum Gasteiger partial charge on any atom is 0.123 e. The van der Waals surface area contributed by atoms with Crippen LogP contribution in [0.2, 0.25) is 0 Å². The fraction of sp³-hybridized carbons (Fsp3) is 0.235. The maximum absolute atomic E-state index is 12.7. The summed E-state index contributed by atoms with van der Waals surface area (Å²) >= 11 is 0. The van der Waals surface area contributed by atoms with Crippen molar-refractivity contribution in [1.29, 1.82) is 5.26 Å². The van der Waals surface area contributed by atoms with E-state index in [4.69, 9.17) is 10.00 Å². The molecule has 2 N–H and O–H groups in total. The second-order valence-corrected chi connectivity index (χ2v) is 4.86. The highest BCUT2D eigenvalue weighted by atomic mass is 35.5. The SMILES string of the molecule is Cl.N#Cc1ccc(CNCC(O)COc2ccc(F)cc2)cc1. The molecule has 0 fully saturated rings. The van der Waals surface area contributed by atoms with Gasteiger partial charge in [0.1, 0.15) is 24.3 Å². The van der Waals surface area contributed by atoms with Gasteiger partial charge in [0, 0.05) is 13.1 Å². The van der Waals surface area contributed by atoms with Crippen LogP contribution in [0.5, 0.6) is 5.75 Å². The number of hydrogen-bond donors (Lipinski definition) is 2. The minimum absolute atomic E-state index is 0. The Morgan fingerprint density at radius 1 is 1.13 bits per heavy atom. The van der Waals surface area contributed by atoms with Crippen LogP contribution in [0.1, 0.15) is 11.1 Å². The number of nitrogens with one attached hydrogen (secondary N) is 1. The topological polar surface area (TPSA) is 65.3 Å². The summed E-state index contributed by atoms with van der Waals surface area (Å²) in [5.74, 6) is 0.199. The Morgan fingerprint density at radius 3 is 2.39 bits per heavy atom. The van der Waals surface area contributed by atoms with E-state index in [2.05, 4.69) is 11.4 Å². The van der Waals surface area contributed by atoms with Gasteiger partial charge in [0.25, 0.3) is 0 Å². The van der Waals surface area contributed by atoms with Gasteiger partial charge in [0.05, 0.1) is 11.6 Å². The van der Waals surface area contributed by atoms with Gasteiger partial charge < -0.3 is 15.2 Å². The molecule has 0 bridgehead atoms. The molecule has 0 saturated carbocycles. The number of nitrogens with zero attached hydrogens (tertiary/aromatic N) is 1. The van der Waals surface area contributed by atoms with Crippen LogP contribution in [-0.2, 0) is 6.54 Å². The van der Waals surface area contributed by atoms with Crippen LogP contribution >= 0.6 is 12.4 Å². The van der Waals surface area contributed by atoms with Gasteiger partial charge in [-0.2, -0.15) is 5.26 Å². The fourth-order valence-corrected chi connectivity index (χ4v) is 1.86. The lowest BCUT2D eigenvalue weighted by molar-refractivity contribution is 0.106. The Bertz CT molecular complexity index is 627. The first-order chi connectivity index (χ1) is 10.7. The first-order valence-electron chi connectivity index (χ1n) is 6.93. The summed E-state index contributed by atoms with van der Waals surface area (Å²) in [6.07, 6.45) is -0.663. The van der Waals surface area contributed by atoms with Crippen LogP contribution < -0.4 is 10.1 Å². The molecule has 0 aliphatic heterocycles. The van der Waals surface area contributed by atoms with Crippen LogP contribution in [0.3, 0.4) is 0 Å². The molecule has 0 amide bonds. The predicted octanol–water partition coefficient (Wildman–Crippen LogP) is 2.65. The Morgan fingerprint density at radius 2 is 1.78 bits per heavy atom. The van der Waals surface area contributed by atoms with E-state index in [-0.39, 0.29) is 24.8 Å². The summed E-state index contributed by atoms with van der Waals surface area (Å²) in [5, 5.41) is 21.6. The van der Waals surface area contributed by atoms with Gasteiger partial charge in [-0.05, 0) is 42.0 Å². The van der Waals surface area contributed by atoms with Crippen molar-refractivity contribution in [2.75, 3.05) is 13.2 Å². The number of benzene rings is 2. The quantitative estimate of drug-likeness (QED) is 0.816. The van der Waals surface area contributed by atoms with Crippen molar-refractivity contribution in [3.8, 4) is 11.8 Å². The van der Waals surface area contributed by atoms with Gasteiger partial charge in [-0.1, -0.05) is 12.1 Å². The van der Waals surface area contributed by atoms with Crippen LogP contribution in [0.4, 0.5) is 4.39 Å². The number of hydrogen-bond acceptors (Lipinski definition) is 4. The van der Waals surface area contributed by atoms with Gasteiger partial charge in [0.15, 0.2) is 0 Å². The molecule has 2 rings (SSSR count). The normalized spacial score (nSPS) is 11.2. The first kappa shape index (κ1) is 18.9. The van der Waals surface area contributed by atoms with E-state index in [9.17, 15) is 9.50 Å². The molecule has 0 spiro atoms. The monoisotopic (exact) mass is 336 g/mol. The maximum atomic E-state index is 12.7.